The van der Waals surface area contributed by atoms with Crippen molar-refractivity contribution in [3.8, 4) is 0 Å². The van der Waals surface area contributed by atoms with Crippen LogP contribution in [0.25, 0.3) is 0 Å². The van der Waals surface area contributed by atoms with Gasteiger partial charge in [-0.15, -0.1) is 0 Å². The lowest BCUT2D eigenvalue weighted by Gasteiger charge is -2.34. The molecule has 4 nitrogen and oxygen atoms in total. The Morgan fingerprint density at radius 1 is 1.04 bits per heavy atom. The molecule has 0 radical (unpaired) electrons. The van der Waals surface area contributed by atoms with Crippen LogP contribution in [0.15, 0.2) is 42.7 Å². The summed E-state index contributed by atoms with van der Waals surface area (Å²) in [7, 11) is 0. The highest BCUT2D eigenvalue weighted by molar-refractivity contribution is 5.76. The van der Waals surface area contributed by atoms with E-state index in [1.807, 2.05) is 17.3 Å². The number of benzene rings is 1. The summed E-state index contributed by atoms with van der Waals surface area (Å²) in [4.78, 5) is 21.0. The molecule has 2 aromatic rings. The van der Waals surface area contributed by atoms with Gasteiger partial charge >= 0.3 is 0 Å². The summed E-state index contributed by atoms with van der Waals surface area (Å²) in [5.74, 6) is 0.281. The van der Waals surface area contributed by atoms with Crippen molar-refractivity contribution in [2.45, 2.75) is 33.2 Å². The summed E-state index contributed by atoms with van der Waals surface area (Å²) in [6.45, 7) is 8.72. The van der Waals surface area contributed by atoms with Crippen molar-refractivity contribution >= 4 is 5.91 Å². The van der Waals surface area contributed by atoms with Gasteiger partial charge in [0.1, 0.15) is 0 Å². The number of pyridine rings is 1. The molecule has 25 heavy (non-hydrogen) atoms. The maximum atomic E-state index is 12.5. The van der Waals surface area contributed by atoms with Crippen molar-refractivity contribution in [3.63, 3.8) is 0 Å². The largest absolute Gasteiger partial charge is 0.340 e. The molecule has 0 N–H and O–H groups in total. The zero-order valence-electron chi connectivity index (χ0n) is 15.2. The van der Waals surface area contributed by atoms with E-state index in [1.165, 1.54) is 22.3 Å². The predicted octanol–water partition coefficient (Wildman–Crippen LogP) is 2.98. The second-order valence-corrected chi connectivity index (χ2v) is 6.94. The van der Waals surface area contributed by atoms with Gasteiger partial charge < -0.3 is 4.90 Å². The fourth-order valence-electron chi connectivity index (χ4n) is 3.43. The minimum absolute atomic E-state index is 0.281. The molecule has 0 aliphatic carbocycles. The molecule has 3 rings (SSSR count). The summed E-state index contributed by atoms with van der Waals surface area (Å²) < 4.78 is 0. The number of rotatable bonds is 5. The number of aryl methyl sites for hydroxylation is 3. The van der Waals surface area contributed by atoms with Gasteiger partial charge in [-0.05, 0) is 49.1 Å². The Morgan fingerprint density at radius 2 is 1.76 bits per heavy atom. The molecule has 132 valence electrons. The van der Waals surface area contributed by atoms with Gasteiger partial charge in [-0.3, -0.25) is 14.7 Å². The minimum Gasteiger partial charge on any atom is -0.340 e. The number of hydrogen-bond donors (Lipinski definition) is 0. The topological polar surface area (TPSA) is 36.4 Å². The summed E-state index contributed by atoms with van der Waals surface area (Å²) in [5, 5.41) is 0. The van der Waals surface area contributed by atoms with Gasteiger partial charge in [0.25, 0.3) is 0 Å². The van der Waals surface area contributed by atoms with Crippen LogP contribution in [-0.4, -0.2) is 46.9 Å². The van der Waals surface area contributed by atoms with Crippen LogP contribution in [0, 0.1) is 13.8 Å². The zero-order chi connectivity index (χ0) is 17.6. The van der Waals surface area contributed by atoms with Gasteiger partial charge in [0.05, 0.1) is 0 Å². The Balaban J connectivity index is 1.45. The fraction of sp³-hybridized carbons (Fsp3) is 0.429. The van der Waals surface area contributed by atoms with Crippen molar-refractivity contribution in [2.75, 3.05) is 26.2 Å². The summed E-state index contributed by atoms with van der Waals surface area (Å²) in [6, 6.07) is 10.6. The molecule has 1 aliphatic rings. The second-order valence-electron chi connectivity index (χ2n) is 6.94. The number of carbonyl (C=O) groups is 1. The first kappa shape index (κ1) is 17.6. The lowest BCUT2D eigenvalue weighted by atomic mass is 10.0. The molecule has 1 amide bonds. The first-order valence-electron chi connectivity index (χ1n) is 9.07. The summed E-state index contributed by atoms with van der Waals surface area (Å²) in [6.07, 6.45) is 5.11. The second kappa shape index (κ2) is 8.26. The van der Waals surface area contributed by atoms with E-state index in [0.717, 1.165) is 39.1 Å². The van der Waals surface area contributed by atoms with Gasteiger partial charge in [0, 0.05) is 51.5 Å². The van der Waals surface area contributed by atoms with Gasteiger partial charge in [-0.25, -0.2) is 0 Å². The molecule has 1 aliphatic heterocycles. The van der Waals surface area contributed by atoms with Gasteiger partial charge in [0.15, 0.2) is 0 Å². The van der Waals surface area contributed by atoms with E-state index in [4.69, 9.17) is 0 Å². The Morgan fingerprint density at radius 3 is 2.44 bits per heavy atom. The monoisotopic (exact) mass is 337 g/mol. The summed E-state index contributed by atoms with van der Waals surface area (Å²) >= 11 is 0. The van der Waals surface area contributed by atoms with E-state index >= 15 is 0 Å². The van der Waals surface area contributed by atoms with Crippen molar-refractivity contribution in [3.05, 3.63) is 65.0 Å². The molecular formula is C21H27N3O. The molecule has 1 saturated heterocycles. The maximum absolute atomic E-state index is 12.5. The first-order chi connectivity index (χ1) is 12.1. The van der Waals surface area contributed by atoms with E-state index in [-0.39, 0.29) is 5.91 Å². The van der Waals surface area contributed by atoms with Crippen LogP contribution in [0.1, 0.15) is 28.7 Å². The molecule has 0 atom stereocenters. The van der Waals surface area contributed by atoms with Crippen molar-refractivity contribution in [1.29, 1.82) is 0 Å². The number of amides is 1. The molecule has 2 heterocycles. The van der Waals surface area contributed by atoms with Crippen LogP contribution in [0.5, 0.6) is 0 Å². The normalized spacial score (nSPS) is 15.4. The molecule has 0 bridgehead atoms. The van der Waals surface area contributed by atoms with Crippen molar-refractivity contribution < 1.29 is 4.79 Å². The van der Waals surface area contributed by atoms with E-state index in [9.17, 15) is 4.79 Å². The van der Waals surface area contributed by atoms with E-state index in [2.05, 4.69) is 54.1 Å². The molecule has 4 heteroatoms. The van der Waals surface area contributed by atoms with Crippen LogP contribution in [0.2, 0.25) is 0 Å². The lowest BCUT2D eigenvalue weighted by Crippen LogP contribution is -2.48. The average Bonchev–Trinajstić information content (AvgIpc) is 2.62. The van der Waals surface area contributed by atoms with Gasteiger partial charge in [-0.2, -0.15) is 0 Å². The minimum atomic E-state index is 0.281. The third kappa shape index (κ3) is 4.89. The smallest absolute Gasteiger partial charge is 0.222 e. The highest BCUT2D eigenvalue weighted by Gasteiger charge is 2.21. The first-order valence-corrected chi connectivity index (χ1v) is 9.07. The Kier molecular flexibility index (Phi) is 5.82. The van der Waals surface area contributed by atoms with Crippen LogP contribution in [0.4, 0.5) is 0 Å². The number of piperazine rings is 1. The van der Waals surface area contributed by atoms with Crippen molar-refractivity contribution in [2.24, 2.45) is 0 Å². The zero-order valence-corrected chi connectivity index (χ0v) is 15.2. The molecule has 1 fully saturated rings. The Bertz CT molecular complexity index is 706. The fourth-order valence-corrected chi connectivity index (χ4v) is 3.43. The molecule has 1 aromatic carbocycles. The highest BCUT2D eigenvalue weighted by atomic mass is 16.2. The van der Waals surface area contributed by atoms with Crippen molar-refractivity contribution in [1.82, 2.24) is 14.8 Å². The predicted molar refractivity (Wildman–Crippen MR) is 100 cm³/mol. The number of carbonyl (C=O) groups excluding carboxylic acids is 1. The number of aromatic nitrogens is 1. The third-order valence-corrected chi connectivity index (χ3v) is 4.99. The van der Waals surface area contributed by atoms with Crippen LogP contribution in [0.3, 0.4) is 0 Å². The lowest BCUT2D eigenvalue weighted by molar-refractivity contribution is -0.133. The van der Waals surface area contributed by atoms with E-state index in [1.54, 1.807) is 0 Å². The Labute approximate surface area is 150 Å². The van der Waals surface area contributed by atoms with Crippen LogP contribution in [-0.2, 0) is 17.8 Å². The van der Waals surface area contributed by atoms with Crippen LogP contribution < -0.4 is 0 Å². The quantitative estimate of drug-likeness (QED) is 0.842. The van der Waals surface area contributed by atoms with Gasteiger partial charge in [0.2, 0.25) is 5.91 Å². The Hall–Kier alpha value is -2.20. The molecule has 0 saturated carbocycles. The summed E-state index contributed by atoms with van der Waals surface area (Å²) in [5.41, 5.74) is 5.13. The SMILES string of the molecule is Cc1ccc(CCC(=O)N2CCN(Cc3ccncc3)CC2)c(C)c1. The highest BCUT2D eigenvalue weighted by Crippen LogP contribution is 2.14. The number of nitrogens with zero attached hydrogens (tertiary/aromatic N) is 3. The molecule has 0 unspecified atom stereocenters. The standard InChI is InChI=1S/C21H27N3O/c1-17-3-4-20(18(2)15-17)5-6-21(25)24-13-11-23(12-14-24)16-19-7-9-22-10-8-19/h3-4,7-10,15H,5-6,11-14,16H2,1-2H3. The number of hydrogen-bond acceptors (Lipinski definition) is 3. The molecular weight excluding hydrogens is 310 g/mol. The van der Waals surface area contributed by atoms with E-state index in [0.29, 0.717) is 6.42 Å². The average molecular weight is 337 g/mol. The third-order valence-electron chi connectivity index (χ3n) is 4.99. The maximum Gasteiger partial charge on any atom is 0.222 e. The van der Waals surface area contributed by atoms with Gasteiger partial charge in [-0.1, -0.05) is 23.8 Å². The molecule has 0 spiro atoms. The van der Waals surface area contributed by atoms with Crippen LogP contribution >= 0.6 is 0 Å². The molecule has 1 aromatic heterocycles. The van der Waals surface area contributed by atoms with E-state index < -0.39 is 0 Å².